The Morgan fingerprint density at radius 3 is 2.38 bits per heavy atom. The second-order valence-electron chi connectivity index (χ2n) is 9.92. The number of carbonyl (C=O) groups excluding carboxylic acids is 2. The Morgan fingerprint density at radius 2 is 1.73 bits per heavy atom. The zero-order valence-corrected chi connectivity index (χ0v) is 24.9. The second-order valence-corrected chi connectivity index (χ2v) is 9.92. The monoisotopic (exact) mass is 564 g/mol. The number of benzene rings is 1. The van der Waals surface area contributed by atoms with Gasteiger partial charge in [0.25, 0.3) is 5.09 Å². The normalized spacial score (nSPS) is 13.4. The van der Waals surface area contributed by atoms with Gasteiger partial charge in [-0.1, -0.05) is 87.4 Å². The topological polar surface area (TPSA) is 128 Å². The highest BCUT2D eigenvalue weighted by Crippen LogP contribution is 2.29. The molecule has 0 bridgehead atoms. The Balaban J connectivity index is 0.000000742. The van der Waals surface area contributed by atoms with Gasteiger partial charge < -0.3 is 20.0 Å². The third kappa shape index (κ3) is 21.9. The maximum absolute atomic E-state index is 11.6. The number of hydrogen-bond donors (Lipinski definition) is 2. The summed E-state index contributed by atoms with van der Waals surface area (Å²) in [5.74, 6) is 0.377. The van der Waals surface area contributed by atoms with Crippen LogP contribution in [0.5, 0.6) is 0 Å². The molecule has 1 fully saturated rings. The summed E-state index contributed by atoms with van der Waals surface area (Å²) in [5, 5.41) is 18.6. The Kier molecular flexibility index (Phi) is 24.4. The zero-order chi connectivity index (χ0) is 29.8. The summed E-state index contributed by atoms with van der Waals surface area (Å²) in [5.41, 5.74) is 1.50. The second kappa shape index (κ2) is 26.3. The van der Waals surface area contributed by atoms with Gasteiger partial charge in [0.05, 0.1) is 13.2 Å². The van der Waals surface area contributed by atoms with E-state index < -0.39 is 17.1 Å². The van der Waals surface area contributed by atoms with Crippen LogP contribution in [0.4, 0.5) is 0 Å². The predicted molar refractivity (Wildman–Crippen MR) is 158 cm³/mol. The largest absolute Gasteiger partial charge is 0.464 e. The lowest BCUT2D eigenvalue weighted by atomic mass is 9.98. The lowest BCUT2D eigenvalue weighted by Crippen LogP contribution is -2.39. The minimum Gasteiger partial charge on any atom is -0.464 e. The third-order valence-corrected chi connectivity index (χ3v) is 6.62. The van der Waals surface area contributed by atoms with E-state index in [4.69, 9.17) is 9.84 Å². The standard InChI is InChI=1S/C16H24.C14H24N2O6.CH4O/c1-3-9-15(10-4-1)11-5-2-6-12-16-13-7-8-14-16;1-3-4-5-6-9-13(17)15-12(2)14(18)21-10-7-8-11-22-16(19)20;1-2/h1,3-4,9-10,16H,2,5-8,11-14H2;3-4,12H,5-11H2,1-2H3,(H,15,17);2H,1H3/b;4-3-;. The minimum absolute atomic E-state index is 0.0248. The molecule has 1 aliphatic carbocycles. The average molecular weight is 565 g/mol. The van der Waals surface area contributed by atoms with Gasteiger partial charge in [-0.25, -0.2) is 4.79 Å². The summed E-state index contributed by atoms with van der Waals surface area (Å²) in [4.78, 5) is 37.2. The van der Waals surface area contributed by atoms with E-state index in [1.54, 1.807) is 6.92 Å². The molecule has 0 aliphatic heterocycles. The number of ether oxygens (including phenoxy) is 1. The molecular formula is C31H52N2O7. The molecule has 228 valence electrons. The Morgan fingerprint density at radius 1 is 1.05 bits per heavy atom. The molecule has 0 saturated heterocycles. The highest BCUT2D eigenvalue weighted by atomic mass is 16.9. The maximum atomic E-state index is 11.6. The first-order chi connectivity index (χ1) is 19.4. The summed E-state index contributed by atoms with van der Waals surface area (Å²) in [7, 11) is 1.00. The van der Waals surface area contributed by atoms with Gasteiger partial charge in [-0.3, -0.25) is 4.79 Å². The molecule has 2 rings (SSSR count). The van der Waals surface area contributed by atoms with Crippen LogP contribution in [0.25, 0.3) is 0 Å². The molecular weight excluding hydrogens is 512 g/mol. The molecule has 9 heteroatoms. The van der Waals surface area contributed by atoms with Crippen molar-refractivity contribution in [2.75, 3.05) is 20.3 Å². The fraction of sp³-hybridized carbons (Fsp3) is 0.677. The lowest BCUT2D eigenvalue weighted by Gasteiger charge is -2.13. The number of aliphatic hydroxyl groups excluding tert-OH is 1. The fourth-order valence-electron chi connectivity index (χ4n) is 4.44. The van der Waals surface area contributed by atoms with Gasteiger partial charge in [0.1, 0.15) is 6.04 Å². The Bertz CT molecular complexity index is 796. The Hall–Kier alpha value is -2.94. The van der Waals surface area contributed by atoms with Crippen molar-refractivity contribution < 1.29 is 29.4 Å². The quantitative estimate of drug-likeness (QED) is 0.0698. The highest BCUT2D eigenvalue weighted by molar-refractivity contribution is 5.84. The lowest BCUT2D eigenvalue weighted by molar-refractivity contribution is -0.757. The molecule has 1 aromatic rings. The number of aliphatic hydroxyl groups is 1. The van der Waals surface area contributed by atoms with Crippen LogP contribution in [0, 0.1) is 16.0 Å². The summed E-state index contributed by atoms with van der Waals surface area (Å²) >= 11 is 0. The smallest absolute Gasteiger partial charge is 0.328 e. The van der Waals surface area contributed by atoms with E-state index in [2.05, 4.69) is 40.5 Å². The number of nitrogens with one attached hydrogen (secondary N) is 1. The molecule has 1 atom stereocenters. The zero-order valence-electron chi connectivity index (χ0n) is 24.9. The van der Waals surface area contributed by atoms with Gasteiger partial charge in [-0.05, 0) is 63.9 Å². The molecule has 1 aromatic carbocycles. The van der Waals surface area contributed by atoms with E-state index in [1.807, 2.05) is 19.1 Å². The van der Waals surface area contributed by atoms with Crippen molar-refractivity contribution in [1.29, 1.82) is 0 Å². The molecule has 0 spiro atoms. The molecule has 0 heterocycles. The van der Waals surface area contributed by atoms with Crippen LogP contribution in [0.3, 0.4) is 0 Å². The predicted octanol–water partition coefficient (Wildman–Crippen LogP) is 6.36. The van der Waals surface area contributed by atoms with Gasteiger partial charge in [0, 0.05) is 13.5 Å². The number of unbranched alkanes of at least 4 members (excludes halogenated alkanes) is 4. The first-order valence-corrected chi connectivity index (χ1v) is 14.8. The van der Waals surface area contributed by atoms with Gasteiger partial charge >= 0.3 is 5.97 Å². The van der Waals surface area contributed by atoms with Crippen molar-refractivity contribution in [1.82, 2.24) is 5.32 Å². The van der Waals surface area contributed by atoms with Crippen molar-refractivity contribution in [3.63, 3.8) is 0 Å². The molecule has 0 radical (unpaired) electrons. The SMILES string of the molecule is C/C=C\CCCC(=O)NC(C)C(=O)OCCCCO[N+](=O)[O-].CO.c1ccc(CCCCCC2CCCC2)cc1. The van der Waals surface area contributed by atoms with Crippen LogP contribution >= 0.6 is 0 Å². The van der Waals surface area contributed by atoms with Crippen LogP contribution < -0.4 is 5.32 Å². The summed E-state index contributed by atoms with van der Waals surface area (Å²) < 4.78 is 4.96. The number of rotatable bonds is 18. The van der Waals surface area contributed by atoms with Gasteiger partial charge in [-0.2, -0.15) is 0 Å². The summed E-state index contributed by atoms with van der Waals surface area (Å²) in [6.07, 6.45) is 19.7. The third-order valence-electron chi connectivity index (χ3n) is 6.62. The summed E-state index contributed by atoms with van der Waals surface area (Å²) in [6.45, 7) is 3.59. The van der Waals surface area contributed by atoms with E-state index >= 15 is 0 Å². The van der Waals surface area contributed by atoms with Crippen molar-refractivity contribution in [2.45, 2.75) is 110 Å². The first kappa shape index (κ1) is 37.1. The molecule has 0 aromatic heterocycles. The number of hydrogen-bond acceptors (Lipinski definition) is 7. The van der Waals surface area contributed by atoms with E-state index in [-0.39, 0.29) is 19.1 Å². The molecule has 1 amide bonds. The van der Waals surface area contributed by atoms with Gasteiger partial charge in [-0.15, -0.1) is 10.1 Å². The molecule has 9 nitrogen and oxygen atoms in total. The van der Waals surface area contributed by atoms with Gasteiger partial charge in [0.2, 0.25) is 5.91 Å². The number of nitrogens with zero attached hydrogens (tertiary/aromatic N) is 1. The van der Waals surface area contributed by atoms with Crippen molar-refractivity contribution in [2.24, 2.45) is 5.92 Å². The minimum atomic E-state index is -0.861. The molecule has 1 saturated carbocycles. The first-order valence-electron chi connectivity index (χ1n) is 14.8. The van der Waals surface area contributed by atoms with E-state index in [0.29, 0.717) is 19.3 Å². The maximum Gasteiger partial charge on any atom is 0.328 e. The fourth-order valence-corrected chi connectivity index (χ4v) is 4.44. The van der Waals surface area contributed by atoms with Crippen LogP contribution in [0.15, 0.2) is 42.5 Å². The van der Waals surface area contributed by atoms with E-state index in [1.165, 1.54) is 63.4 Å². The molecule has 40 heavy (non-hydrogen) atoms. The Labute approximate surface area is 240 Å². The highest BCUT2D eigenvalue weighted by Gasteiger charge is 2.16. The number of esters is 1. The summed E-state index contributed by atoms with van der Waals surface area (Å²) in [6, 6.07) is 10.2. The molecule has 1 aliphatic rings. The van der Waals surface area contributed by atoms with Gasteiger partial charge in [0.15, 0.2) is 0 Å². The average Bonchev–Trinajstić information content (AvgIpc) is 3.48. The van der Waals surface area contributed by atoms with Crippen LogP contribution in [-0.4, -0.2) is 48.4 Å². The van der Waals surface area contributed by atoms with E-state index in [0.717, 1.165) is 25.9 Å². The van der Waals surface area contributed by atoms with E-state index in [9.17, 15) is 19.7 Å². The number of amides is 1. The van der Waals surface area contributed by atoms with Crippen molar-refractivity contribution in [3.05, 3.63) is 58.2 Å². The van der Waals surface area contributed by atoms with Crippen molar-refractivity contribution >= 4 is 11.9 Å². The number of carbonyl (C=O) groups is 2. The molecule has 2 N–H and O–H groups in total. The van der Waals surface area contributed by atoms with Crippen LogP contribution in [0.2, 0.25) is 0 Å². The van der Waals surface area contributed by atoms with Crippen LogP contribution in [0.1, 0.15) is 103 Å². The van der Waals surface area contributed by atoms with Crippen molar-refractivity contribution in [3.8, 4) is 0 Å². The molecule has 1 unspecified atom stereocenters. The van der Waals surface area contributed by atoms with Crippen LogP contribution in [-0.2, 0) is 25.6 Å². The number of allylic oxidation sites excluding steroid dienone is 2. The number of aryl methyl sites for hydroxylation is 1.